The molecule has 0 saturated heterocycles. The Bertz CT molecular complexity index is 548. The number of nitriles is 1. The van der Waals surface area contributed by atoms with Crippen LogP contribution in [0.25, 0.3) is 0 Å². The number of carbonyl (C=O) groups excluding carboxylic acids is 2. The van der Waals surface area contributed by atoms with Gasteiger partial charge in [-0.05, 0) is 47.5 Å². The summed E-state index contributed by atoms with van der Waals surface area (Å²) in [5.41, 5.74) is 0. The summed E-state index contributed by atoms with van der Waals surface area (Å²) in [7, 11) is 0.239. The zero-order valence-electron chi connectivity index (χ0n) is 20.6. The maximum atomic E-state index is 11.7. The van der Waals surface area contributed by atoms with Crippen LogP contribution in [0.5, 0.6) is 0 Å². The number of amides is 1. The van der Waals surface area contributed by atoms with Crippen molar-refractivity contribution in [3.05, 3.63) is 0 Å². The number of hydrogen-bond acceptors (Lipinski definition) is 8. The first-order valence-corrected chi connectivity index (χ1v) is 12.4. The molecule has 0 aliphatic rings. The molecular weight excluding hydrogens is 433 g/mol. The lowest BCUT2D eigenvalue weighted by atomic mass is 10.2. The van der Waals surface area contributed by atoms with Crippen LogP contribution in [0.1, 0.15) is 66.7 Å². The van der Waals surface area contributed by atoms with Gasteiger partial charge in [0.2, 0.25) is 5.91 Å². The van der Waals surface area contributed by atoms with E-state index < -0.39 is 8.53 Å². The third kappa shape index (κ3) is 15.6. The molecule has 1 amide bonds. The van der Waals surface area contributed by atoms with Crippen molar-refractivity contribution >= 4 is 20.2 Å². The molecule has 2 atom stereocenters. The van der Waals surface area contributed by atoms with E-state index in [1.54, 1.807) is 7.11 Å². The summed E-state index contributed by atoms with van der Waals surface area (Å²) >= 11 is 0. The van der Waals surface area contributed by atoms with Gasteiger partial charge in [-0.1, -0.05) is 0 Å². The second-order valence-corrected chi connectivity index (χ2v) is 9.47. The molecule has 186 valence electrons. The minimum absolute atomic E-state index is 0.0468. The van der Waals surface area contributed by atoms with Crippen LogP contribution in [0.2, 0.25) is 0 Å². The van der Waals surface area contributed by atoms with E-state index in [-0.39, 0.29) is 29.9 Å². The van der Waals surface area contributed by atoms with E-state index in [1.807, 2.05) is 0 Å². The molecule has 0 aliphatic carbocycles. The van der Waals surface area contributed by atoms with Crippen LogP contribution >= 0.6 is 8.53 Å². The zero-order chi connectivity index (χ0) is 24.4. The second kappa shape index (κ2) is 19.3. The van der Waals surface area contributed by atoms with Gasteiger partial charge >= 0.3 is 0 Å². The van der Waals surface area contributed by atoms with Crippen molar-refractivity contribution in [3.63, 3.8) is 0 Å². The van der Waals surface area contributed by atoms with E-state index in [4.69, 9.17) is 23.8 Å². The average Bonchev–Trinajstić information content (AvgIpc) is 2.69. The normalized spacial score (nSPS) is 13.4. The predicted octanol–water partition coefficient (Wildman–Crippen LogP) is 3.58. The maximum absolute atomic E-state index is 11.7. The monoisotopic (exact) mass is 475 g/mol. The van der Waals surface area contributed by atoms with Gasteiger partial charge in [0.15, 0.2) is 0 Å². The summed E-state index contributed by atoms with van der Waals surface area (Å²) in [5, 5.41) is 11.7. The van der Waals surface area contributed by atoms with Crippen LogP contribution in [0.4, 0.5) is 0 Å². The smallest absolute Gasteiger partial charge is 0.259 e. The van der Waals surface area contributed by atoms with Crippen molar-refractivity contribution in [2.75, 3.05) is 40.1 Å². The Balaban J connectivity index is 4.49. The molecule has 0 saturated carbocycles. The number of methoxy groups -OCH3 is 1. The highest BCUT2D eigenvalue weighted by atomic mass is 31.2. The Morgan fingerprint density at radius 2 is 1.75 bits per heavy atom. The maximum Gasteiger partial charge on any atom is 0.259 e. The van der Waals surface area contributed by atoms with Crippen LogP contribution in [-0.2, 0) is 28.1 Å². The van der Waals surface area contributed by atoms with Gasteiger partial charge in [0, 0.05) is 45.2 Å². The van der Waals surface area contributed by atoms with E-state index in [2.05, 4.69) is 43.8 Å². The molecular formula is C22H42N3O6P. The Morgan fingerprint density at radius 1 is 1.06 bits per heavy atom. The van der Waals surface area contributed by atoms with Crippen molar-refractivity contribution < 1.29 is 28.1 Å². The number of rotatable bonds is 20. The predicted molar refractivity (Wildman–Crippen MR) is 125 cm³/mol. The molecule has 0 fully saturated rings. The molecule has 1 N–H and O–H groups in total. The Kier molecular flexibility index (Phi) is 18.7. The summed E-state index contributed by atoms with van der Waals surface area (Å²) in [5.74, 6) is 0.0533. The number of carbonyl (C=O) groups is 2. The molecule has 9 nitrogen and oxygen atoms in total. The van der Waals surface area contributed by atoms with E-state index >= 15 is 0 Å². The lowest BCUT2D eigenvalue weighted by Crippen LogP contribution is -2.36. The Labute approximate surface area is 195 Å². The molecule has 0 aliphatic heterocycles. The highest BCUT2D eigenvalue weighted by molar-refractivity contribution is 7.44. The summed E-state index contributed by atoms with van der Waals surface area (Å²) in [4.78, 5) is 22.6. The van der Waals surface area contributed by atoms with Gasteiger partial charge in [0.1, 0.15) is 11.9 Å². The first-order valence-electron chi connectivity index (χ1n) is 11.3. The van der Waals surface area contributed by atoms with Crippen LogP contribution in [-0.4, -0.2) is 74.6 Å². The molecule has 32 heavy (non-hydrogen) atoms. The minimum atomic E-state index is -1.37. The van der Waals surface area contributed by atoms with E-state index in [9.17, 15) is 9.59 Å². The number of Topliss-reactive ketones (excluding diaryl/α,β-unsaturated/α-hetero) is 1. The van der Waals surface area contributed by atoms with Crippen molar-refractivity contribution in [2.45, 2.75) is 84.9 Å². The van der Waals surface area contributed by atoms with Crippen molar-refractivity contribution in [1.29, 1.82) is 5.26 Å². The Hall–Kier alpha value is -1.14. The number of nitrogens with one attached hydrogen (secondary N) is 1. The second-order valence-electron chi connectivity index (χ2n) is 8.06. The first-order chi connectivity index (χ1) is 15.2. The average molecular weight is 476 g/mol. The summed E-state index contributed by atoms with van der Waals surface area (Å²) in [6.45, 7) is 11.9. The van der Waals surface area contributed by atoms with Crippen molar-refractivity contribution in [2.24, 2.45) is 0 Å². The lowest BCUT2D eigenvalue weighted by Gasteiger charge is -2.37. The number of ether oxygens (including phenoxy) is 2. The number of hydrogen-bond donors (Lipinski definition) is 1. The van der Waals surface area contributed by atoms with Crippen molar-refractivity contribution in [1.82, 2.24) is 9.99 Å². The fourth-order valence-electron chi connectivity index (χ4n) is 2.92. The summed E-state index contributed by atoms with van der Waals surface area (Å²) < 4.78 is 25.4. The summed E-state index contributed by atoms with van der Waals surface area (Å²) in [6.07, 6.45) is 2.05. The van der Waals surface area contributed by atoms with Gasteiger partial charge < -0.3 is 28.6 Å². The topological polar surface area (TPSA) is 110 Å². The summed E-state index contributed by atoms with van der Waals surface area (Å²) in [6, 6.07) is 2.52. The van der Waals surface area contributed by atoms with E-state index in [0.29, 0.717) is 65.1 Å². The van der Waals surface area contributed by atoms with Crippen LogP contribution in [0.15, 0.2) is 0 Å². The first kappa shape index (κ1) is 30.9. The third-order valence-corrected chi connectivity index (χ3v) is 6.46. The van der Waals surface area contributed by atoms with Crippen LogP contribution < -0.4 is 5.32 Å². The molecule has 0 bridgehead atoms. The van der Waals surface area contributed by atoms with Crippen LogP contribution in [0.3, 0.4) is 0 Å². The molecule has 0 aromatic carbocycles. The lowest BCUT2D eigenvalue weighted by molar-refractivity contribution is -0.121. The molecule has 10 heteroatoms. The number of nitrogens with zero attached hydrogens (tertiary/aromatic N) is 2. The molecule has 2 unspecified atom stereocenters. The third-order valence-electron chi connectivity index (χ3n) is 4.28. The fraction of sp³-hybridized carbons (Fsp3) is 0.864. The quantitative estimate of drug-likeness (QED) is 0.210. The molecule has 0 radical (unpaired) electrons. The van der Waals surface area contributed by atoms with Crippen molar-refractivity contribution in [3.8, 4) is 6.07 Å². The Morgan fingerprint density at radius 3 is 2.31 bits per heavy atom. The van der Waals surface area contributed by atoms with Gasteiger partial charge in [-0.2, -0.15) is 5.26 Å². The van der Waals surface area contributed by atoms with Gasteiger partial charge in [-0.25, -0.2) is 4.67 Å². The molecule has 0 aromatic heterocycles. The highest BCUT2D eigenvalue weighted by Crippen LogP contribution is 2.47. The molecule has 0 aromatic rings. The fourth-order valence-corrected chi connectivity index (χ4v) is 4.60. The number of ketones is 1. The molecule has 0 rings (SSSR count). The van der Waals surface area contributed by atoms with E-state index in [1.165, 1.54) is 6.92 Å². The minimum Gasteiger partial charge on any atom is -0.382 e. The SMILES string of the molecule is COCC(COCCCNC(=O)CCCC(C)=O)OP(OCCC#N)N(C(C)C)C(C)C. The van der Waals surface area contributed by atoms with Gasteiger partial charge in [0.25, 0.3) is 8.53 Å². The largest absolute Gasteiger partial charge is 0.382 e. The zero-order valence-corrected chi connectivity index (χ0v) is 21.5. The van der Waals surface area contributed by atoms with Gasteiger partial charge in [0.05, 0.1) is 32.3 Å². The van der Waals surface area contributed by atoms with Gasteiger partial charge in [-0.15, -0.1) is 0 Å². The van der Waals surface area contributed by atoms with E-state index in [0.717, 1.165) is 0 Å². The molecule has 0 heterocycles. The van der Waals surface area contributed by atoms with Crippen LogP contribution in [0, 0.1) is 11.3 Å². The standard InChI is InChI=1S/C22H42N3O6P/c1-18(2)25(19(3)4)32(30-15-8-12-23)31-21(16-28-6)17-29-14-9-13-24-22(27)11-7-10-20(5)26/h18-19,21H,7-11,13-17H2,1-6H3,(H,24,27). The van der Waals surface area contributed by atoms with Gasteiger partial charge in [-0.3, -0.25) is 4.79 Å². The molecule has 0 spiro atoms. The highest BCUT2D eigenvalue weighted by Gasteiger charge is 2.30.